The van der Waals surface area contributed by atoms with E-state index in [9.17, 15) is 19.7 Å². The number of methoxy groups -OCH3 is 1. The third-order valence-electron chi connectivity index (χ3n) is 6.53. The summed E-state index contributed by atoms with van der Waals surface area (Å²) >= 11 is 2.74. The Balaban J connectivity index is 1.53. The van der Waals surface area contributed by atoms with Crippen LogP contribution >= 0.6 is 23.1 Å². The maximum absolute atomic E-state index is 14.0. The van der Waals surface area contributed by atoms with Crippen molar-refractivity contribution in [2.75, 3.05) is 12.4 Å². The molecule has 1 aliphatic carbocycles. The molecule has 0 saturated carbocycles. The fraction of sp³-hybridized carbons (Fsp3) is 0.296. The first-order chi connectivity index (χ1) is 18.4. The van der Waals surface area contributed by atoms with Crippen LogP contribution in [-0.4, -0.2) is 32.7 Å². The summed E-state index contributed by atoms with van der Waals surface area (Å²) in [7, 11) is 1.43. The number of hydrogen-bond acceptors (Lipinski definition) is 8. The van der Waals surface area contributed by atoms with Gasteiger partial charge < -0.3 is 10.1 Å². The molecule has 196 valence electrons. The predicted molar refractivity (Wildman–Crippen MR) is 150 cm³/mol. The summed E-state index contributed by atoms with van der Waals surface area (Å²) in [5.41, 5.74) is 1.70. The van der Waals surface area contributed by atoms with E-state index in [1.54, 1.807) is 22.8 Å². The highest BCUT2D eigenvalue weighted by molar-refractivity contribution is 8.00. The van der Waals surface area contributed by atoms with E-state index in [0.29, 0.717) is 26.8 Å². The number of nitro groups is 1. The Labute approximate surface area is 227 Å². The van der Waals surface area contributed by atoms with E-state index in [2.05, 4.69) is 5.32 Å². The van der Waals surface area contributed by atoms with Crippen LogP contribution < -0.4 is 15.6 Å². The number of non-ortho nitro benzene ring substituents is 1. The Morgan fingerprint density at radius 1 is 1.18 bits per heavy atom. The number of thiophene rings is 1. The summed E-state index contributed by atoms with van der Waals surface area (Å²) < 4.78 is 6.85. The number of thioether (sulfide) groups is 1. The first-order valence-corrected chi connectivity index (χ1v) is 14.0. The molecule has 1 aliphatic rings. The molecule has 5 rings (SSSR count). The number of benzene rings is 2. The van der Waals surface area contributed by atoms with Gasteiger partial charge in [0.1, 0.15) is 10.6 Å². The number of hydrogen-bond donors (Lipinski definition) is 1. The van der Waals surface area contributed by atoms with Crippen LogP contribution in [0, 0.1) is 10.1 Å². The quantitative estimate of drug-likeness (QED) is 0.102. The number of nitrogens with one attached hydrogen (secondary N) is 1. The number of rotatable bonds is 7. The van der Waals surface area contributed by atoms with Crippen molar-refractivity contribution in [3.63, 3.8) is 0 Å². The van der Waals surface area contributed by atoms with Crippen molar-refractivity contribution >= 4 is 50.6 Å². The highest BCUT2D eigenvalue weighted by Crippen LogP contribution is 2.36. The topological polar surface area (TPSA) is 116 Å². The van der Waals surface area contributed by atoms with Crippen molar-refractivity contribution in [2.45, 2.75) is 49.4 Å². The third kappa shape index (κ3) is 5.03. The van der Waals surface area contributed by atoms with E-state index >= 15 is 0 Å². The Hall–Kier alpha value is -3.70. The molecule has 0 aliphatic heterocycles. The Morgan fingerprint density at radius 3 is 2.68 bits per heavy atom. The smallest absolute Gasteiger partial charge is 0.271 e. The lowest BCUT2D eigenvalue weighted by Crippen LogP contribution is -2.26. The van der Waals surface area contributed by atoms with Crippen LogP contribution in [0.3, 0.4) is 0 Å². The van der Waals surface area contributed by atoms with Gasteiger partial charge in [-0.15, -0.1) is 11.3 Å². The molecule has 11 heteroatoms. The lowest BCUT2D eigenvalue weighted by atomic mass is 10.1. The fourth-order valence-corrected chi connectivity index (χ4v) is 6.83. The van der Waals surface area contributed by atoms with Gasteiger partial charge in [-0.3, -0.25) is 24.3 Å². The van der Waals surface area contributed by atoms with E-state index in [1.165, 1.54) is 41.9 Å². The molecule has 0 saturated heterocycles. The second-order valence-corrected chi connectivity index (χ2v) is 11.4. The van der Waals surface area contributed by atoms with Gasteiger partial charge in [0.25, 0.3) is 11.2 Å². The van der Waals surface area contributed by atoms with Crippen molar-refractivity contribution in [1.82, 2.24) is 9.55 Å². The van der Waals surface area contributed by atoms with Gasteiger partial charge in [-0.05, 0) is 56.4 Å². The van der Waals surface area contributed by atoms with E-state index in [-0.39, 0.29) is 16.9 Å². The summed E-state index contributed by atoms with van der Waals surface area (Å²) in [5.74, 6) is -0.0910. The minimum atomic E-state index is -0.670. The fourth-order valence-electron chi connectivity index (χ4n) is 4.60. The van der Waals surface area contributed by atoms with Gasteiger partial charge in [-0.1, -0.05) is 36.4 Å². The molecule has 4 aromatic rings. The monoisotopic (exact) mass is 550 g/mol. The number of aryl methyl sites for hydroxylation is 2. The SMILES string of the molecule is COc1ccc([N+](=O)[O-])cc1NC(=O)C(C)Sc1nc2sc3c(c2c(=O)n1-c1ccccc1)CCCCC3. The summed E-state index contributed by atoms with van der Waals surface area (Å²) in [4.78, 5) is 44.7. The van der Waals surface area contributed by atoms with Gasteiger partial charge in [0, 0.05) is 17.0 Å². The number of nitrogens with zero attached hydrogens (tertiary/aromatic N) is 3. The molecule has 1 atom stereocenters. The number of fused-ring (bicyclic) bond motifs is 3. The van der Waals surface area contributed by atoms with Crippen molar-refractivity contribution in [3.05, 3.63) is 79.4 Å². The van der Waals surface area contributed by atoms with Crippen LogP contribution in [-0.2, 0) is 17.6 Å². The minimum absolute atomic E-state index is 0.129. The average Bonchev–Trinajstić information content (AvgIpc) is 3.10. The molecule has 1 unspecified atom stereocenters. The van der Waals surface area contributed by atoms with Gasteiger partial charge in [0.2, 0.25) is 5.91 Å². The van der Waals surface area contributed by atoms with Crippen molar-refractivity contribution < 1.29 is 14.5 Å². The molecule has 2 aromatic carbocycles. The number of carbonyl (C=O) groups excluding carboxylic acids is 1. The summed E-state index contributed by atoms with van der Waals surface area (Å²) in [6, 6.07) is 13.3. The largest absolute Gasteiger partial charge is 0.495 e. The normalized spacial score (nSPS) is 13.9. The number of ether oxygens (including phenoxy) is 1. The first-order valence-electron chi connectivity index (χ1n) is 12.3. The van der Waals surface area contributed by atoms with Gasteiger partial charge in [0.15, 0.2) is 5.16 Å². The zero-order valence-corrected chi connectivity index (χ0v) is 22.6. The van der Waals surface area contributed by atoms with Crippen molar-refractivity contribution in [2.24, 2.45) is 0 Å². The molecule has 0 radical (unpaired) electrons. The molecule has 0 spiro atoms. The van der Waals surface area contributed by atoms with Crippen LogP contribution in [0.25, 0.3) is 15.9 Å². The van der Waals surface area contributed by atoms with E-state index in [4.69, 9.17) is 9.72 Å². The van der Waals surface area contributed by atoms with Crippen LogP contribution in [0.2, 0.25) is 0 Å². The summed E-state index contributed by atoms with van der Waals surface area (Å²) in [6.45, 7) is 1.71. The molecule has 0 fully saturated rings. The van der Waals surface area contributed by atoms with Crippen molar-refractivity contribution in [1.29, 1.82) is 0 Å². The third-order valence-corrected chi connectivity index (χ3v) is 8.76. The molecule has 0 bridgehead atoms. The number of nitro benzene ring substituents is 1. The number of amides is 1. The summed E-state index contributed by atoms with van der Waals surface area (Å²) in [6.07, 6.45) is 5.13. The first kappa shape index (κ1) is 25.9. The number of aromatic nitrogens is 2. The minimum Gasteiger partial charge on any atom is -0.495 e. The molecule has 2 heterocycles. The Morgan fingerprint density at radius 2 is 1.95 bits per heavy atom. The molecule has 1 amide bonds. The molecular formula is C27H26N4O5S2. The van der Waals surface area contributed by atoms with E-state index < -0.39 is 16.1 Å². The Kier molecular flexibility index (Phi) is 7.48. The van der Waals surface area contributed by atoms with Crippen LogP contribution in [0.5, 0.6) is 5.75 Å². The molecule has 2 aromatic heterocycles. The highest BCUT2D eigenvalue weighted by Gasteiger charge is 2.25. The average molecular weight is 551 g/mol. The number of para-hydroxylation sites is 1. The standard InChI is InChI=1S/C27H26N4O5S2/c1-16(24(32)28-20-15-18(31(34)35)13-14-21(20)36-2)37-27-29-25-23(19-11-7-4-8-12-22(19)38-25)26(33)30(27)17-9-5-3-6-10-17/h3,5-6,9-10,13-16H,4,7-8,11-12H2,1-2H3,(H,28,32). The zero-order chi connectivity index (χ0) is 26.8. The van der Waals surface area contributed by atoms with Gasteiger partial charge in [-0.2, -0.15) is 0 Å². The maximum atomic E-state index is 14.0. The summed E-state index contributed by atoms with van der Waals surface area (Å²) in [5, 5.41) is 14.4. The Bertz CT molecular complexity index is 1580. The number of carbonyl (C=O) groups is 1. The van der Waals surface area contributed by atoms with Gasteiger partial charge >= 0.3 is 0 Å². The van der Waals surface area contributed by atoms with Crippen LogP contribution in [0.4, 0.5) is 11.4 Å². The van der Waals surface area contributed by atoms with Gasteiger partial charge in [0.05, 0.1) is 34.0 Å². The molecule has 1 N–H and O–H groups in total. The van der Waals surface area contributed by atoms with Gasteiger partial charge in [-0.25, -0.2) is 4.98 Å². The van der Waals surface area contributed by atoms with Crippen molar-refractivity contribution in [3.8, 4) is 11.4 Å². The van der Waals surface area contributed by atoms with Crippen LogP contribution in [0.15, 0.2) is 58.5 Å². The second-order valence-electron chi connectivity index (χ2n) is 9.01. The molecule has 38 heavy (non-hydrogen) atoms. The highest BCUT2D eigenvalue weighted by atomic mass is 32.2. The van der Waals surface area contributed by atoms with Crippen LogP contribution in [0.1, 0.15) is 36.6 Å². The van der Waals surface area contributed by atoms with E-state index in [1.807, 2.05) is 30.3 Å². The zero-order valence-electron chi connectivity index (χ0n) is 20.9. The second kappa shape index (κ2) is 11.0. The number of anilines is 1. The molecular weight excluding hydrogens is 524 g/mol. The predicted octanol–water partition coefficient (Wildman–Crippen LogP) is 5.75. The lowest BCUT2D eigenvalue weighted by molar-refractivity contribution is -0.384. The lowest BCUT2D eigenvalue weighted by Gasteiger charge is -2.17. The van der Waals surface area contributed by atoms with E-state index in [0.717, 1.165) is 37.7 Å². The maximum Gasteiger partial charge on any atom is 0.271 e. The molecule has 9 nitrogen and oxygen atoms in total.